The predicted molar refractivity (Wildman–Crippen MR) is 70.8 cm³/mol. The number of nitrogens with zero attached hydrogens (tertiary/aromatic N) is 2. The maximum Gasteiger partial charge on any atom is 0.253 e. The molecule has 2 rings (SSSR count). The molecule has 0 atom stereocenters. The Bertz CT molecular complexity index is 580. The molecule has 0 saturated heterocycles. The Balaban J connectivity index is 2.03. The molecule has 0 unspecified atom stereocenters. The lowest BCUT2D eigenvalue weighted by molar-refractivity contribution is 0.0950. The summed E-state index contributed by atoms with van der Waals surface area (Å²) >= 11 is 11.7. The molecule has 1 aromatic heterocycles. The highest BCUT2D eigenvalue weighted by molar-refractivity contribution is 6.36. The van der Waals surface area contributed by atoms with Crippen molar-refractivity contribution in [2.24, 2.45) is 7.05 Å². The first kappa shape index (κ1) is 12.9. The Morgan fingerprint density at radius 2 is 2.17 bits per heavy atom. The van der Waals surface area contributed by atoms with Crippen LogP contribution in [0.2, 0.25) is 10.0 Å². The molecule has 18 heavy (non-hydrogen) atoms. The third kappa shape index (κ3) is 3.03. The van der Waals surface area contributed by atoms with E-state index < -0.39 is 0 Å². The summed E-state index contributed by atoms with van der Waals surface area (Å²) in [5.41, 5.74) is 1.19. The first-order chi connectivity index (χ1) is 8.56. The number of rotatable bonds is 3. The molecular formula is C12H11Cl2N3O. The minimum absolute atomic E-state index is 0.248. The molecule has 1 heterocycles. The van der Waals surface area contributed by atoms with Crippen molar-refractivity contribution in [3.8, 4) is 0 Å². The fourth-order valence-corrected chi connectivity index (χ4v) is 1.99. The zero-order chi connectivity index (χ0) is 13.1. The summed E-state index contributed by atoms with van der Waals surface area (Å²) in [7, 11) is 1.82. The SMILES string of the molecule is Cn1ccc(CNC(=O)c2ccc(Cl)cc2Cl)n1. The van der Waals surface area contributed by atoms with Crippen LogP contribution in [-0.4, -0.2) is 15.7 Å². The third-order valence-corrected chi connectivity index (χ3v) is 2.92. The standard InChI is InChI=1S/C12H11Cl2N3O/c1-17-5-4-9(16-17)7-15-12(18)10-3-2-8(13)6-11(10)14/h2-6H,7H2,1H3,(H,15,18). The van der Waals surface area contributed by atoms with Crippen LogP contribution >= 0.6 is 23.2 Å². The first-order valence-corrected chi connectivity index (χ1v) is 6.03. The van der Waals surface area contributed by atoms with Crippen molar-refractivity contribution in [1.29, 1.82) is 0 Å². The van der Waals surface area contributed by atoms with Gasteiger partial charge in [0.25, 0.3) is 5.91 Å². The number of hydrogen-bond acceptors (Lipinski definition) is 2. The van der Waals surface area contributed by atoms with E-state index in [4.69, 9.17) is 23.2 Å². The first-order valence-electron chi connectivity index (χ1n) is 5.28. The number of carbonyl (C=O) groups excluding carboxylic acids is 1. The van der Waals surface area contributed by atoms with E-state index in [2.05, 4.69) is 10.4 Å². The zero-order valence-corrected chi connectivity index (χ0v) is 11.2. The normalized spacial score (nSPS) is 10.4. The van der Waals surface area contributed by atoms with Crippen LogP contribution in [0.15, 0.2) is 30.5 Å². The molecule has 0 spiro atoms. The van der Waals surface area contributed by atoms with E-state index in [1.54, 1.807) is 22.9 Å². The van der Waals surface area contributed by atoms with Crippen LogP contribution in [0.4, 0.5) is 0 Å². The van der Waals surface area contributed by atoms with Gasteiger partial charge in [-0.15, -0.1) is 0 Å². The van der Waals surface area contributed by atoms with Gasteiger partial charge in [0.05, 0.1) is 22.8 Å². The van der Waals surface area contributed by atoms with Crippen LogP contribution in [0.1, 0.15) is 16.1 Å². The fraction of sp³-hybridized carbons (Fsp3) is 0.167. The molecule has 0 radical (unpaired) electrons. The van der Waals surface area contributed by atoms with Crippen molar-refractivity contribution in [2.75, 3.05) is 0 Å². The second-order valence-electron chi connectivity index (χ2n) is 3.79. The van der Waals surface area contributed by atoms with Gasteiger partial charge in [-0.3, -0.25) is 9.48 Å². The lowest BCUT2D eigenvalue weighted by Crippen LogP contribution is -2.23. The summed E-state index contributed by atoms with van der Waals surface area (Å²) in [6.45, 7) is 0.360. The van der Waals surface area contributed by atoms with E-state index in [-0.39, 0.29) is 5.91 Å². The van der Waals surface area contributed by atoms with E-state index in [0.29, 0.717) is 22.2 Å². The Labute approximate surface area is 115 Å². The van der Waals surface area contributed by atoms with Gasteiger partial charge in [0, 0.05) is 18.3 Å². The molecule has 1 N–H and O–H groups in total. The monoisotopic (exact) mass is 283 g/mol. The molecule has 2 aromatic rings. The summed E-state index contributed by atoms with van der Waals surface area (Å²) in [4.78, 5) is 11.9. The van der Waals surface area contributed by atoms with Crippen molar-refractivity contribution in [3.05, 3.63) is 51.8 Å². The molecule has 0 aliphatic heterocycles. The highest BCUT2D eigenvalue weighted by atomic mass is 35.5. The summed E-state index contributed by atoms with van der Waals surface area (Å²) in [5, 5.41) is 7.74. The average molecular weight is 284 g/mol. The van der Waals surface area contributed by atoms with Crippen molar-refractivity contribution >= 4 is 29.1 Å². The lowest BCUT2D eigenvalue weighted by atomic mass is 10.2. The van der Waals surface area contributed by atoms with E-state index in [9.17, 15) is 4.79 Å². The molecule has 1 amide bonds. The van der Waals surface area contributed by atoms with E-state index in [1.807, 2.05) is 19.3 Å². The van der Waals surface area contributed by atoms with Crippen LogP contribution in [0.25, 0.3) is 0 Å². The maximum atomic E-state index is 11.9. The largest absolute Gasteiger partial charge is 0.346 e. The smallest absolute Gasteiger partial charge is 0.253 e. The van der Waals surface area contributed by atoms with Crippen molar-refractivity contribution < 1.29 is 4.79 Å². The van der Waals surface area contributed by atoms with Crippen molar-refractivity contribution in [2.45, 2.75) is 6.54 Å². The van der Waals surface area contributed by atoms with Gasteiger partial charge in [0.2, 0.25) is 0 Å². The summed E-state index contributed by atoms with van der Waals surface area (Å²) in [6.07, 6.45) is 1.82. The number of aromatic nitrogens is 2. The van der Waals surface area contributed by atoms with Gasteiger partial charge in [-0.1, -0.05) is 23.2 Å². The Morgan fingerprint density at radius 3 is 2.78 bits per heavy atom. The number of nitrogens with one attached hydrogen (secondary N) is 1. The van der Waals surface area contributed by atoms with E-state index >= 15 is 0 Å². The number of aryl methyl sites for hydroxylation is 1. The zero-order valence-electron chi connectivity index (χ0n) is 9.65. The molecule has 94 valence electrons. The van der Waals surface area contributed by atoms with Gasteiger partial charge >= 0.3 is 0 Å². The predicted octanol–water partition coefficient (Wildman–Crippen LogP) is 2.66. The molecule has 0 bridgehead atoms. The van der Waals surface area contributed by atoms with Gasteiger partial charge in [0.1, 0.15) is 0 Å². The molecule has 1 aromatic carbocycles. The average Bonchev–Trinajstić information content (AvgIpc) is 2.72. The molecule has 0 aliphatic carbocycles. The van der Waals surface area contributed by atoms with Crippen LogP contribution in [0.5, 0.6) is 0 Å². The number of halogens is 2. The number of amides is 1. The molecule has 4 nitrogen and oxygen atoms in total. The number of benzene rings is 1. The summed E-state index contributed by atoms with van der Waals surface area (Å²) in [5.74, 6) is -0.248. The molecule has 0 aliphatic rings. The highest BCUT2D eigenvalue weighted by Crippen LogP contribution is 2.20. The fourth-order valence-electron chi connectivity index (χ4n) is 1.50. The minimum atomic E-state index is -0.248. The second kappa shape index (κ2) is 5.42. The van der Waals surface area contributed by atoms with E-state index in [1.165, 1.54) is 0 Å². The maximum absolute atomic E-state index is 11.9. The topological polar surface area (TPSA) is 46.9 Å². The Morgan fingerprint density at radius 1 is 1.39 bits per heavy atom. The number of carbonyl (C=O) groups is 1. The highest BCUT2D eigenvalue weighted by Gasteiger charge is 2.10. The van der Waals surface area contributed by atoms with Gasteiger partial charge in [0.15, 0.2) is 0 Å². The van der Waals surface area contributed by atoms with Crippen LogP contribution < -0.4 is 5.32 Å². The molecular weight excluding hydrogens is 273 g/mol. The summed E-state index contributed by atoms with van der Waals surface area (Å²) < 4.78 is 1.68. The number of hydrogen-bond donors (Lipinski definition) is 1. The van der Waals surface area contributed by atoms with Gasteiger partial charge < -0.3 is 5.32 Å². The molecule has 0 saturated carbocycles. The second-order valence-corrected chi connectivity index (χ2v) is 4.63. The van der Waals surface area contributed by atoms with Crippen molar-refractivity contribution in [1.82, 2.24) is 15.1 Å². The van der Waals surface area contributed by atoms with E-state index in [0.717, 1.165) is 5.69 Å². The van der Waals surface area contributed by atoms with Crippen LogP contribution in [0, 0.1) is 0 Å². The Hall–Kier alpha value is -1.52. The third-order valence-electron chi connectivity index (χ3n) is 2.37. The Kier molecular flexibility index (Phi) is 3.89. The van der Waals surface area contributed by atoms with Gasteiger partial charge in [-0.05, 0) is 24.3 Å². The minimum Gasteiger partial charge on any atom is -0.346 e. The quantitative estimate of drug-likeness (QED) is 0.941. The van der Waals surface area contributed by atoms with Crippen LogP contribution in [0.3, 0.4) is 0 Å². The lowest BCUT2D eigenvalue weighted by Gasteiger charge is -2.05. The van der Waals surface area contributed by atoms with Gasteiger partial charge in [-0.2, -0.15) is 5.10 Å². The van der Waals surface area contributed by atoms with Crippen molar-refractivity contribution in [3.63, 3.8) is 0 Å². The molecule has 6 heteroatoms. The van der Waals surface area contributed by atoms with Crippen LogP contribution in [-0.2, 0) is 13.6 Å². The van der Waals surface area contributed by atoms with Gasteiger partial charge in [-0.25, -0.2) is 0 Å². The summed E-state index contributed by atoms with van der Waals surface area (Å²) in [6, 6.07) is 6.60. The molecule has 0 fully saturated rings.